The zero-order chi connectivity index (χ0) is 14.2. The van der Waals surface area contributed by atoms with Gasteiger partial charge in [-0.15, -0.1) is 0 Å². The summed E-state index contributed by atoms with van der Waals surface area (Å²) < 4.78 is 29.0. The summed E-state index contributed by atoms with van der Waals surface area (Å²) in [5, 5.41) is 0. The van der Waals surface area contributed by atoms with Gasteiger partial charge >= 0.3 is 10.2 Å². The lowest BCUT2D eigenvalue weighted by Gasteiger charge is -2.21. The minimum absolute atomic E-state index is 0.199. The van der Waals surface area contributed by atoms with Gasteiger partial charge in [-0.1, -0.05) is 57.2 Å². The standard InChI is InChI=1S/C12H12Br2N2O2S/c1-9(13)7-15-11-5-3-4-6-12(11)16(8-10(2)14)19(15,17)18/h3-6H,1-2,7-8H2. The van der Waals surface area contributed by atoms with E-state index in [1.165, 1.54) is 8.61 Å². The van der Waals surface area contributed by atoms with Gasteiger partial charge in [0.05, 0.1) is 24.5 Å². The third-order valence-corrected chi connectivity index (χ3v) is 4.87. The van der Waals surface area contributed by atoms with Crippen molar-refractivity contribution in [2.45, 2.75) is 0 Å². The Bertz CT molecular complexity index is 594. The van der Waals surface area contributed by atoms with Crippen LogP contribution < -0.4 is 8.61 Å². The van der Waals surface area contributed by atoms with Gasteiger partial charge in [0.15, 0.2) is 0 Å². The van der Waals surface area contributed by atoms with Gasteiger partial charge in [0, 0.05) is 8.96 Å². The molecule has 7 heteroatoms. The molecule has 19 heavy (non-hydrogen) atoms. The molecule has 1 aliphatic heterocycles. The first-order valence-electron chi connectivity index (χ1n) is 5.40. The van der Waals surface area contributed by atoms with Crippen molar-refractivity contribution >= 4 is 53.4 Å². The average Bonchev–Trinajstić information content (AvgIpc) is 2.50. The molecule has 0 fully saturated rings. The van der Waals surface area contributed by atoms with Crippen LogP contribution in [0.2, 0.25) is 0 Å². The van der Waals surface area contributed by atoms with Gasteiger partial charge in [-0.3, -0.25) is 0 Å². The van der Waals surface area contributed by atoms with E-state index in [1.54, 1.807) is 12.1 Å². The molecule has 2 rings (SSSR count). The van der Waals surface area contributed by atoms with Gasteiger partial charge in [-0.05, 0) is 12.1 Å². The Morgan fingerprint density at radius 2 is 1.37 bits per heavy atom. The lowest BCUT2D eigenvalue weighted by Crippen LogP contribution is -2.39. The highest BCUT2D eigenvalue weighted by atomic mass is 79.9. The molecule has 0 saturated carbocycles. The summed E-state index contributed by atoms with van der Waals surface area (Å²) in [6.07, 6.45) is 0. The van der Waals surface area contributed by atoms with Gasteiger partial charge in [0.25, 0.3) is 0 Å². The first-order chi connectivity index (χ1) is 8.84. The fourth-order valence-electron chi connectivity index (χ4n) is 1.90. The molecule has 0 bridgehead atoms. The number of hydrogen-bond acceptors (Lipinski definition) is 2. The number of rotatable bonds is 4. The first-order valence-corrected chi connectivity index (χ1v) is 8.38. The summed E-state index contributed by atoms with van der Waals surface area (Å²) in [6, 6.07) is 7.18. The molecule has 0 aromatic heterocycles. The van der Waals surface area contributed by atoms with E-state index in [9.17, 15) is 8.42 Å². The van der Waals surface area contributed by atoms with Crippen LogP contribution in [-0.4, -0.2) is 21.5 Å². The van der Waals surface area contributed by atoms with Crippen molar-refractivity contribution < 1.29 is 8.42 Å². The van der Waals surface area contributed by atoms with Crippen molar-refractivity contribution in [2.24, 2.45) is 0 Å². The predicted molar refractivity (Wildman–Crippen MR) is 86.2 cm³/mol. The average molecular weight is 408 g/mol. The number of fused-ring (bicyclic) bond motifs is 1. The zero-order valence-corrected chi connectivity index (χ0v) is 14.0. The van der Waals surface area contributed by atoms with Crippen molar-refractivity contribution in [2.75, 3.05) is 21.7 Å². The third-order valence-electron chi connectivity index (χ3n) is 2.61. The molecule has 0 spiro atoms. The van der Waals surface area contributed by atoms with E-state index in [2.05, 4.69) is 45.0 Å². The minimum atomic E-state index is -3.59. The van der Waals surface area contributed by atoms with Crippen molar-refractivity contribution in [3.8, 4) is 0 Å². The van der Waals surface area contributed by atoms with Crippen LogP contribution in [0.5, 0.6) is 0 Å². The second-order valence-electron chi connectivity index (χ2n) is 4.04. The Morgan fingerprint density at radius 3 is 1.68 bits per heavy atom. The fourth-order valence-corrected chi connectivity index (χ4v) is 4.41. The molecule has 0 N–H and O–H groups in total. The number of hydrogen-bond donors (Lipinski definition) is 0. The smallest absolute Gasteiger partial charge is 0.246 e. The molecule has 102 valence electrons. The van der Waals surface area contributed by atoms with Crippen molar-refractivity contribution in [3.63, 3.8) is 0 Å². The Labute approximate surface area is 129 Å². The maximum absolute atomic E-state index is 12.5. The maximum atomic E-state index is 12.5. The van der Waals surface area contributed by atoms with E-state index in [1.807, 2.05) is 12.1 Å². The van der Waals surface area contributed by atoms with Gasteiger partial charge in [-0.2, -0.15) is 8.42 Å². The molecule has 1 aromatic rings. The van der Waals surface area contributed by atoms with E-state index in [-0.39, 0.29) is 13.1 Å². The minimum Gasteiger partial charge on any atom is -0.246 e. The van der Waals surface area contributed by atoms with Crippen LogP contribution in [0.15, 0.2) is 46.4 Å². The van der Waals surface area contributed by atoms with Gasteiger partial charge < -0.3 is 0 Å². The van der Waals surface area contributed by atoms with Crippen molar-refractivity contribution in [1.29, 1.82) is 0 Å². The summed E-state index contributed by atoms with van der Waals surface area (Å²) in [6.45, 7) is 7.81. The van der Waals surface area contributed by atoms with Crippen LogP contribution in [0, 0.1) is 0 Å². The molecule has 0 unspecified atom stereocenters. The number of nitrogens with zero attached hydrogens (tertiary/aromatic N) is 2. The monoisotopic (exact) mass is 406 g/mol. The van der Waals surface area contributed by atoms with Crippen molar-refractivity contribution in [3.05, 3.63) is 46.4 Å². The molecule has 1 aliphatic rings. The Kier molecular flexibility index (Phi) is 4.08. The summed E-state index contributed by atoms with van der Waals surface area (Å²) >= 11 is 6.43. The quantitative estimate of drug-likeness (QED) is 0.767. The van der Waals surface area contributed by atoms with E-state index in [0.29, 0.717) is 20.3 Å². The highest BCUT2D eigenvalue weighted by Gasteiger charge is 2.39. The van der Waals surface area contributed by atoms with E-state index >= 15 is 0 Å². The fraction of sp³-hybridized carbons (Fsp3) is 0.167. The molecule has 1 aromatic carbocycles. The molecule has 0 radical (unpaired) electrons. The van der Waals surface area contributed by atoms with E-state index in [0.717, 1.165) is 0 Å². The second-order valence-corrected chi connectivity index (χ2v) is 8.06. The molecular weight excluding hydrogens is 396 g/mol. The predicted octanol–water partition coefficient (Wildman–Crippen LogP) is 3.38. The third kappa shape index (κ3) is 2.73. The largest absolute Gasteiger partial charge is 0.327 e. The normalized spacial score (nSPS) is 16.3. The molecule has 4 nitrogen and oxygen atoms in total. The second kappa shape index (κ2) is 5.30. The summed E-state index contributed by atoms with van der Waals surface area (Å²) in [7, 11) is -3.59. The zero-order valence-electron chi connectivity index (χ0n) is 10.0. The van der Waals surface area contributed by atoms with Gasteiger partial charge in [0.2, 0.25) is 0 Å². The molecule has 1 heterocycles. The topological polar surface area (TPSA) is 40.6 Å². The maximum Gasteiger partial charge on any atom is 0.327 e. The number of para-hydroxylation sites is 2. The van der Waals surface area contributed by atoms with Crippen LogP contribution >= 0.6 is 31.9 Å². The van der Waals surface area contributed by atoms with Crippen LogP contribution in [0.1, 0.15) is 0 Å². The highest BCUT2D eigenvalue weighted by Crippen LogP contribution is 2.41. The first kappa shape index (κ1) is 14.6. The number of anilines is 2. The number of halogens is 2. The van der Waals surface area contributed by atoms with Crippen LogP contribution in [0.25, 0.3) is 0 Å². The van der Waals surface area contributed by atoms with Crippen LogP contribution in [0.3, 0.4) is 0 Å². The summed E-state index contributed by atoms with van der Waals surface area (Å²) in [4.78, 5) is 0. The SMILES string of the molecule is C=C(Br)CN1c2ccccc2N(CC(=C)Br)S1(=O)=O. The Morgan fingerprint density at radius 1 is 1.00 bits per heavy atom. The van der Waals surface area contributed by atoms with E-state index < -0.39 is 10.2 Å². The molecular formula is C12H12Br2N2O2S. The lowest BCUT2D eigenvalue weighted by atomic mass is 10.2. The molecule has 0 saturated heterocycles. The Balaban J connectivity index is 2.54. The van der Waals surface area contributed by atoms with Gasteiger partial charge in [-0.25, -0.2) is 8.61 Å². The Hall–Kier alpha value is -0.790. The highest BCUT2D eigenvalue weighted by molar-refractivity contribution is 9.12. The summed E-state index contributed by atoms with van der Waals surface area (Å²) in [5.74, 6) is 0. The summed E-state index contributed by atoms with van der Waals surface area (Å²) in [5.41, 5.74) is 1.30. The lowest BCUT2D eigenvalue weighted by molar-refractivity contribution is 0.592. The molecule has 0 aliphatic carbocycles. The van der Waals surface area contributed by atoms with E-state index in [4.69, 9.17) is 0 Å². The van der Waals surface area contributed by atoms with Crippen LogP contribution in [0.4, 0.5) is 11.4 Å². The van der Waals surface area contributed by atoms with Crippen LogP contribution in [-0.2, 0) is 10.2 Å². The molecule has 0 amide bonds. The molecule has 0 atom stereocenters. The van der Waals surface area contributed by atoms with Gasteiger partial charge in [0.1, 0.15) is 0 Å². The number of benzene rings is 1. The van der Waals surface area contributed by atoms with Crippen molar-refractivity contribution in [1.82, 2.24) is 0 Å².